The summed E-state index contributed by atoms with van der Waals surface area (Å²) in [7, 11) is 0. The summed E-state index contributed by atoms with van der Waals surface area (Å²) in [6.07, 6.45) is 0.386. The van der Waals surface area contributed by atoms with E-state index in [-0.39, 0.29) is 12.7 Å². The van der Waals surface area contributed by atoms with E-state index in [9.17, 15) is 0 Å². The molecule has 1 saturated heterocycles. The van der Waals surface area contributed by atoms with Crippen LogP contribution in [0, 0.1) is 11.8 Å². The van der Waals surface area contributed by atoms with Gasteiger partial charge in [-0.25, -0.2) is 0 Å². The predicted octanol–water partition coefficient (Wildman–Crippen LogP) is 1.04. The van der Waals surface area contributed by atoms with E-state index in [4.69, 9.17) is 9.84 Å². The van der Waals surface area contributed by atoms with Crippen LogP contribution in [0.1, 0.15) is 20.8 Å². The van der Waals surface area contributed by atoms with Gasteiger partial charge in [0, 0.05) is 0 Å². The summed E-state index contributed by atoms with van der Waals surface area (Å²) in [4.78, 5) is 0. The van der Waals surface area contributed by atoms with E-state index in [1.807, 2.05) is 0 Å². The number of aliphatic hydroxyl groups is 1. The molecule has 0 aliphatic carbocycles. The summed E-state index contributed by atoms with van der Waals surface area (Å²) in [5.41, 5.74) is 0. The Balaban J connectivity index is 2.53. The quantitative estimate of drug-likeness (QED) is 0.595. The normalized spacial score (nSPS) is 48.0. The summed E-state index contributed by atoms with van der Waals surface area (Å²) < 4.78 is 5.48. The van der Waals surface area contributed by atoms with Gasteiger partial charge >= 0.3 is 0 Å². The van der Waals surface area contributed by atoms with Gasteiger partial charge in [0.25, 0.3) is 0 Å². The van der Waals surface area contributed by atoms with Gasteiger partial charge in [0.15, 0.2) is 0 Å². The van der Waals surface area contributed by atoms with Crippen molar-refractivity contribution in [1.82, 2.24) is 0 Å². The third-order valence-corrected chi connectivity index (χ3v) is 2.73. The minimum absolute atomic E-state index is 0.0741. The first-order chi connectivity index (χ1) is 4.66. The fourth-order valence-electron chi connectivity index (χ4n) is 1.50. The van der Waals surface area contributed by atoms with Crippen molar-refractivity contribution in [2.24, 2.45) is 11.8 Å². The highest BCUT2D eigenvalue weighted by Crippen LogP contribution is 2.31. The van der Waals surface area contributed by atoms with Crippen molar-refractivity contribution in [3.8, 4) is 0 Å². The largest absolute Gasteiger partial charge is 0.394 e. The Morgan fingerprint density at radius 2 is 1.80 bits per heavy atom. The molecule has 10 heavy (non-hydrogen) atoms. The smallest absolute Gasteiger partial charge is 0.0838 e. The summed E-state index contributed by atoms with van der Waals surface area (Å²) in [5, 5.41) is 8.85. The van der Waals surface area contributed by atoms with Crippen LogP contribution in [0.15, 0.2) is 0 Å². The molecule has 0 saturated carbocycles. The molecule has 1 fully saturated rings. The zero-order valence-electron chi connectivity index (χ0n) is 6.87. The zero-order chi connectivity index (χ0) is 7.72. The van der Waals surface area contributed by atoms with Crippen molar-refractivity contribution in [2.75, 3.05) is 6.61 Å². The highest BCUT2D eigenvalue weighted by Gasteiger charge is 2.35. The summed E-state index contributed by atoms with van der Waals surface area (Å²) >= 11 is 0. The lowest BCUT2D eigenvalue weighted by Crippen LogP contribution is -2.19. The van der Waals surface area contributed by atoms with Gasteiger partial charge < -0.3 is 9.84 Å². The van der Waals surface area contributed by atoms with Gasteiger partial charge in [0.1, 0.15) is 0 Å². The summed E-state index contributed by atoms with van der Waals surface area (Å²) in [6.45, 7) is 6.53. The lowest BCUT2D eigenvalue weighted by molar-refractivity contribution is 0.00657. The molecular weight excluding hydrogens is 128 g/mol. The van der Waals surface area contributed by atoms with Crippen molar-refractivity contribution >= 4 is 0 Å². The van der Waals surface area contributed by atoms with Crippen LogP contribution in [0.3, 0.4) is 0 Å². The Hall–Kier alpha value is -0.0800. The fraction of sp³-hybridized carbons (Fsp3) is 1.00. The van der Waals surface area contributed by atoms with Crippen molar-refractivity contribution < 1.29 is 9.84 Å². The number of rotatable bonds is 1. The molecule has 1 aliphatic rings. The van der Waals surface area contributed by atoms with Crippen LogP contribution in [0.2, 0.25) is 0 Å². The maximum absolute atomic E-state index is 8.85. The van der Waals surface area contributed by atoms with Gasteiger partial charge in [0.2, 0.25) is 0 Å². The lowest BCUT2D eigenvalue weighted by Gasteiger charge is -2.12. The van der Waals surface area contributed by atoms with E-state index >= 15 is 0 Å². The average Bonchev–Trinajstić information content (AvgIpc) is 2.17. The number of aliphatic hydroxyl groups excluding tert-OH is 1. The first-order valence-corrected chi connectivity index (χ1v) is 3.93. The molecule has 0 aromatic heterocycles. The van der Waals surface area contributed by atoms with Gasteiger partial charge in [-0.15, -0.1) is 0 Å². The molecule has 1 aliphatic heterocycles. The van der Waals surface area contributed by atoms with E-state index in [1.54, 1.807) is 0 Å². The van der Waals surface area contributed by atoms with Crippen molar-refractivity contribution in [3.63, 3.8) is 0 Å². The monoisotopic (exact) mass is 144 g/mol. The molecule has 0 bridgehead atoms. The molecule has 0 aromatic rings. The standard InChI is InChI=1S/C8H16O2/c1-5-6(2)8(4-9)10-7(5)3/h5-9H,4H2,1-3H3/t5?,6-,7+,8-/m1/s1. The first-order valence-electron chi connectivity index (χ1n) is 3.93. The molecule has 0 spiro atoms. The second kappa shape index (κ2) is 2.89. The van der Waals surface area contributed by atoms with Crippen molar-refractivity contribution in [2.45, 2.75) is 33.0 Å². The second-order valence-corrected chi connectivity index (χ2v) is 3.28. The average molecular weight is 144 g/mol. The molecule has 0 aromatic carbocycles. The van der Waals surface area contributed by atoms with E-state index in [0.717, 1.165) is 0 Å². The van der Waals surface area contributed by atoms with Gasteiger partial charge in [-0.3, -0.25) is 0 Å². The minimum Gasteiger partial charge on any atom is -0.394 e. The maximum atomic E-state index is 8.85. The van der Waals surface area contributed by atoms with Crippen LogP contribution in [0.25, 0.3) is 0 Å². The van der Waals surface area contributed by atoms with E-state index in [0.29, 0.717) is 17.9 Å². The van der Waals surface area contributed by atoms with Crippen molar-refractivity contribution in [1.29, 1.82) is 0 Å². The molecule has 60 valence electrons. The molecule has 0 amide bonds. The molecule has 1 rings (SSSR count). The molecule has 2 heteroatoms. The maximum Gasteiger partial charge on any atom is 0.0838 e. The molecule has 1 N–H and O–H groups in total. The number of hydrogen-bond donors (Lipinski definition) is 1. The van der Waals surface area contributed by atoms with Crippen molar-refractivity contribution in [3.05, 3.63) is 0 Å². The topological polar surface area (TPSA) is 29.5 Å². The Kier molecular flexibility index (Phi) is 2.32. The Morgan fingerprint density at radius 3 is 2.00 bits per heavy atom. The molecular formula is C8H16O2. The summed E-state index contributed by atoms with van der Waals surface area (Å²) in [5.74, 6) is 1.08. The molecule has 4 atom stereocenters. The second-order valence-electron chi connectivity index (χ2n) is 3.28. The predicted molar refractivity (Wildman–Crippen MR) is 39.7 cm³/mol. The molecule has 1 unspecified atom stereocenters. The Bertz CT molecular complexity index is 114. The molecule has 2 nitrogen and oxygen atoms in total. The van der Waals surface area contributed by atoms with Gasteiger partial charge in [-0.2, -0.15) is 0 Å². The third kappa shape index (κ3) is 1.18. The van der Waals surface area contributed by atoms with E-state index in [1.165, 1.54) is 0 Å². The minimum atomic E-state index is 0.0741. The highest BCUT2D eigenvalue weighted by molar-refractivity contribution is 4.82. The first kappa shape index (κ1) is 8.02. The van der Waals surface area contributed by atoms with Crippen LogP contribution in [-0.2, 0) is 4.74 Å². The fourth-order valence-corrected chi connectivity index (χ4v) is 1.50. The number of ether oxygens (including phenoxy) is 1. The van der Waals surface area contributed by atoms with Crippen LogP contribution < -0.4 is 0 Å². The van der Waals surface area contributed by atoms with Gasteiger partial charge in [0.05, 0.1) is 18.8 Å². The van der Waals surface area contributed by atoms with Crippen LogP contribution >= 0.6 is 0 Å². The zero-order valence-corrected chi connectivity index (χ0v) is 6.87. The third-order valence-electron chi connectivity index (χ3n) is 2.73. The van der Waals surface area contributed by atoms with Crippen LogP contribution in [0.5, 0.6) is 0 Å². The SMILES string of the molecule is CC1[C@H](C)O[C@H](CO)[C@@H]1C. The summed E-state index contributed by atoms with van der Waals surface area (Å²) in [6, 6.07) is 0. The Morgan fingerprint density at radius 1 is 1.20 bits per heavy atom. The van der Waals surface area contributed by atoms with E-state index < -0.39 is 0 Å². The molecule has 0 radical (unpaired) electrons. The van der Waals surface area contributed by atoms with Gasteiger partial charge in [-0.05, 0) is 18.8 Å². The van der Waals surface area contributed by atoms with Crippen LogP contribution in [0.4, 0.5) is 0 Å². The lowest BCUT2D eigenvalue weighted by atomic mass is 9.91. The number of hydrogen-bond acceptors (Lipinski definition) is 2. The van der Waals surface area contributed by atoms with E-state index in [2.05, 4.69) is 20.8 Å². The Labute approximate surface area is 62.2 Å². The highest BCUT2D eigenvalue weighted by atomic mass is 16.5. The van der Waals surface area contributed by atoms with Crippen LogP contribution in [-0.4, -0.2) is 23.9 Å². The van der Waals surface area contributed by atoms with Gasteiger partial charge in [-0.1, -0.05) is 13.8 Å². The molecule has 1 heterocycles.